The number of nitrogens with two attached hydrogens (primary N) is 2. The van der Waals surface area contributed by atoms with Gasteiger partial charge in [-0.05, 0) is 24.5 Å². The Kier molecular flexibility index (Phi) is 17.8. The van der Waals surface area contributed by atoms with Crippen LogP contribution in [0.3, 0.4) is 0 Å². The maximum absolute atomic E-state index is 13.9. The fraction of sp³-hybridized carbons (Fsp3) is 0.600. The van der Waals surface area contributed by atoms with Crippen molar-refractivity contribution in [1.29, 1.82) is 0 Å². The lowest BCUT2D eigenvalue weighted by atomic mass is 9.92. The van der Waals surface area contributed by atoms with Crippen LogP contribution in [-0.2, 0) is 35.2 Å². The van der Waals surface area contributed by atoms with E-state index in [4.69, 9.17) is 16.6 Å². The summed E-state index contributed by atoms with van der Waals surface area (Å²) in [4.78, 5) is 78.9. The molecule has 266 valence electrons. The highest BCUT2D eigenvalue weighted by molar-refractivity contribution is 5.97. The van der Waals surface area contributed by atoms with Gasteiger partial charge in [-0.1, -0.05) is 96.3 Å². The van der Waals surface area contributed by atoms with Gasteiger partial charge in [0.25, 0.3) is 0 Å². The molecule has 1 aromatic carbocycles. The van der Waals surface area contributed by atoms with E-state index in [0.29, 0.717) is 12.8 Å². The molecule has 0 aliphatic carbocycles. The molecule has 2 rings (SSSR count). The second-order valence-corrected chi connectivity index (χ2v) is 12.5. The Morgan fingerprint density at radius 3 is 1.85 bits per heavy atom. The summed E-state index contributed by atoms with van der Waals surface area (Å²) in [5, 5.41) is 17.6. The fourth-order valence-corrected chi connectivity index (χ4v) is 5.77. The zero-order valence-corrected chi connectivity index (χ0v) is 28.4. The van der Waals surface area contributed by atoms with Crippen molar-refractivity contribution in [3.05, 3.63) is 36.0 Å². The van der Waals surface area contributed by atoms with Crippen LogP contribution in [0.5, 0.6) is 0 Å². The predicted octanol–water partition coefficient (Wildman–Crippen LogP) is 3.34. The summed E-state index contributed by atoms with van der Waals surface area (Å²) in [5.74, 6) is -5.73. The average Bonchev–Trinajstić information content (AvgIpc) is 3.44. The number of para-hydroxylation sites is 1. The van der Waals surface area contributed by atoms with Gasteiger partial charge in [-0.2, -0.15) is 0 Å². The van der Waals surface area contributed by atoms with Crippen LogP contribution in [0.2, 0.25) is 0 Å². The van der Waals surface area contributed by atoms with Crippen LogP contribution in [0.4, 0.5) is 0 Å². The van der Waals surface area contributed by atoms with E-state index in [1.165, 1.54) is 6.42 Å². The first kappa shape index (κ1) is 39.8. The van der Waals surface area contributed by atoms with Gasteiger partial charge in [0.2, 0.25) is 29.5 Å². The van der Waals surface area contributed by atoms with E-state index in [9.17, 15) is 28.8 Å². The zero-order valence-electron chi connectivity index (χ0n) is 28.4. The minimum absolute atomic E-state index is 0.0784. The number of carbonyl (C=O) groups is 6. The highest BCUT2D eigenvalue weighted by atomic mass is 16.4. The van der Waals surface area contributed by atoms with Crippen molar-refractivity contribution in [1.82, 2.24) is 20.9 Å². The molecular weight excluding hydrogens is 616 g/mol. The van der Waals surface area contributed by atoms with Gasteiger partial charge in [-0.25, -0.2) is 0 Å². The molecule has 13 nitrogen and oxygen atoms in total. The molecule has 0 radical (unpaired) electrons. The summed E-state index contributed by atoms with van der Waals surface area (Å²) in [6.07, 6.45) is 12.3. The number of rotatable bonds is 25. The molecule has 1 heterocycles. The third kappa shape index (κ3) is 14.1. The first-order valence-electron chi connectivity index (χ1n) is 17.2. The summed E-state index contributed by atoms with van der Waals surface area (Å²) >= 11 is 0. The SMILES string of the molecule is CCCCCCCCC(CCCCCC)C(=O)NC(Cc1c[nH]c2ccccc12)C(=O)NC(CC(N)=O)C(=O)NC(CC(=O)O)C(N)=O. The number of carboxylic acids is 1. The van der Waals surface area contributed by atoms with Crippen molar-refractivity contribution >= 4 is 46.4 Å². The van der Waals surface area contributed by atoms with Crippen molar-refractivity contribution in [3.63, 3.8) is 0 Å². The third-order valence-corrected chi connectivity index (χ3v) is 8.49. The molecule has 0 spiro atoms. The molecule has 1 aromatic heterocycles. The number of fused-ring (bicyclic) bond motifs is 1. The van der Waals surface area contributed by atoms with Gasteiger partial charge in [-0.15, -0.1) is 0 Å². The van der Waals surface area contributed by atoms with E-state index >= 15 is 0 Å². The highest BCUT2D eigenvalue weighted by Gasteiger charge is 2.32. The predicted molar refractivity (Wildman–Crippen MR) is 183 cm³/mol. The largest absolute Gasteiger partial charge is 0.481 e. The summed E-state index contributed by atoms with van der Waals surface area (Å²) in [6, 6.07) is 3.24. The fourth-order valence-electron chi connectivity index (χ4n) is 5.77. The number of hydrogen-bond acceptors (Lipinski definition) is 6. The Morgan fingerprint density at radius 2 is 1.25 bits per heavy atom. The quantitative estimate of drug-likeness (QED) is 0.0779. The Bertz CT molecular complexity index is 1360. The molecule has 0 fully saturated rings. The number of H-pyrrole nitrogens is 1. The molecule has 48 heavy (non-hydrogen) atoms. The van der Waals surface area contributed by atoms with Crippen molar-refractivity contribution in [2.45, 2.75) is 128 Å². The smallest absolute Gasteiger partial charge is 0.305 e. The normalized spacial score (nSPS) is 13.6. The number of carbonyl (C=O) groups excluding carboxylic acids is 5. The summed E-state index contributed by atoms with van der Waals surface area (Å²) in [6.45, 7) is 4.29. The van der Waals surface area contributed by atoms with E-state index in [1.807, 2.05) is 24.3 Å². The molecule has 4 unspecified atom stereocenters. The van der Waals surface area contributed by atoms with Crippen molar-refractivity contribution in [2.75, 3.05) is 0 Å². The first-order valence-corrected chi connectivity index (χ1v) is 17.2. The van der Waals surface area contributed by atoms with E-state index in [0.717, 1.165) is 74.3 Å². The molecule has 2 aromatic rings. The van der Waals surface area contributed by atoms with Gasteiger partial charge in [0.05, 0.1) is 12.8 Å². The monoisotopic (exact) mass is 670 g/mol. The van der Waals surface area contributed by atoms with Gasteiger partial charge >= 0.3 is 5.97 Å². The van der Waals surface area contributed by atoms with Crippen molar-refractivity contribution in [3.8, 4) is 0 Å². The van der Waals surface area contributed by atoms with Crippen LogP contribution in [0.15, 0.2) is 30.5 Å². The Labute approximate surface area is 282 Å². The standard InChI is InChI=1S/C35H54N6O7/c1-3-5-7-9-10-12-16-23(15-11-8-6-4-2)33(46)40-28(19-24-22-38-26-18-14-13-17-25(24)26)34(47)41-29(20-30(36)42)35(48)39-27(32(37)45)21-31(43)44/h13-14,17-18,22-23,27-29,38H,3-12,15-16,19-21H2,1-2H3,(H2,36,42)(H2,37,45)(H,39,48)(H,40,46)(H,41,47)(H,43,44). The molecule has 4 atom stereocenters. The number of hydrogen-bond donors (Lipinski definition) is 7. The summed E-state index contributed by atoms with van der Waals surface area (Å²) < 4.78 is 0. The van der Waals surface area contributed by atoms with Gasteiger partial charge < -0.3 is 37.5 Å². The Hall–Kier alpha value is -4.42. The number of primary amides is 2. The summed E-state index contributed by atoms with van der Waals surface area (Å²) in [5.41, 5.74) is 12.2. The Morgan fingerprint density at radius 1 is 0.708 bits per heavy atom. The molecular formula is C35H54N6O7. The summed E-state index contributed by atoms with van der Waals surface area (Å²) in [7, 11) is 0. The lowest BCUT2D eigenvalue weighted by Crippen LogP contribution is -2.58. The van der Waals surface area contributed by atoms with Crippen LogP contribution in [0, 0.1) is 5.92 Å². The van der Waals surface area contributed by atoms with Gasteiger partial charge in [-0.3, -0.25) is 28.8 Å². The number of carboxylic acid groups (broad SMARTS) is 1. The number of amides is 5. The van der Waals surface area contributed by atoms with Gasteiger partial charge in [0, 0.05) is 29.4 Å². The van der Waals surface area contributed by atoms with Crippen molar-refractivity contribution < 1.29 is 33.9 Å². The second kappa shape index (κ2) is 21.5. The first-order chi connectivity index (χ1) is 23.0. The van der Waals surface area contributed by atoms with Crippen LogP contribution in [0.1, 0.15) is 109 Å². The van der Waals surface area contributed by atoms with E-state index < -0.39 is 60.6 Å². The molecule has 0 saturated carbocycles. The zero-order chi connectivity index (χ0) is 35.5. The number of aliphatic carboxylic acids is 1. The molecule has 0 aliphatic heterocycles. The number of aromatic amines is 1. The Balaban J connectivity index is 2.32. The van der Waals surface area contributed by atoms with E-state index in [2.05, 4.69) is 34.8 Å². The van der Waals surface area contributed by atoms with Crippen molar-refractivity contribution in [2.24, 2.45) is 17.4 Å². The van der Waals surface area contributed by atoms with Crippen LogP contribution in [-0.4, -0.2) is 63.7 Å². The number of benzene rings is 1. The highest BCUT2D eigenvalue weighted by Crippen LogP contribution is 2.22. The number of unbranched alkanes of at least 4 members (excludes halogenated alkanes) is 8. The van der Waals surface area contributed by atoms with E-state index in [1.54, 1.807) is 6.20 Å². The molecule has 0 saturated heterocycles. The molecule has 0 aliphatic rings. The lowest BCUT2D eigenvalue weighted by Gasteiger charge is -2.25. The third-order valence-electron chi connectivity index (χ3n) is 8.49. The number of aromatic nitrogens is 1. The minimum Gasteiger partial charge on any atom is -0.481 e. The maximum atomic E-state index is 13.9. The molecule has 0 bridgehead atoms. The van der Waals surface area contributed by atoms with Gasteiger partial charge in [0.15, 0.2) is 0 Å². The topological polar surface area (TPSA) is 227 Å². The average molecular weight is 671 g/mol. The van der Waals surface area contributed by atoms with Crippen LogP contribution < -0.4 is 27.4 Å². The van der Waals surface area contributed by atoms with E-state index in [-0.39, 0.29) is 18.2 Å². The molecule has 13 heteroatoms. The lowest BCUT2D eigenvalue weighted by molar-refractivity contribution is -0.140. The number of nitrogens with one attached hydrogen (secondary N) is 4. The van der Waals surface area contributed by atoms with Crippen LogP contribution >= 0.6 is 0 Å². The second-order valence-electron chi connectivity index (χ2n) is 12.5. The van der Waals surface area contributed by atoms with Crippen LogP contribution in [0.25, 0.3) is 10.9 Å². The van der Waals surface area contributed by atoms with Gasteiger partial charge in [0.1, 0.15) is 18.1 Å². The molecule has 5 amide bonds. The molecule has 9 N–H and O–H groups in total. The maximum Gasteiger partial charge on any atom is 0.305 e. The minimum atomic E-state index is -1.58.